The van der Waals surface area contributed by atoms with Crippen molar-refractivity contribution in [1.82, 2.24) is 9.55 Å². The summed E-state index contributed by atoms with van der Waals surface area (Å²) in [5.74, 6) is 0.486. The Labute approximate surface area is 119 Å². The summed E-state index contributed by atoms with van der Waals surface area (Å²) in [5.41, 5.74) is 0.240. The van der Waals surface area contributed by atoms with Crippen LogP contribution >= 0.6 is 11.6 Å². The number of aryl methyl sites for hydroxylation is 1. The van der Waals surface area contributed by atoms with Gasteiger partial charge in [-0.15, -0.1) is 0 Å². The quantitative estimate of drug-likeness (QED) is 0.917. The summed E-state index contributed by atoms with van der Waals surface area (Å²) in [4.78, 5) is 4.23. The fourth-order valence-corrected chi connectivity index (χ4v) is 2.08. The van der Waals surface area contributed by atoms with Gasteiger partial charge in [0.1, 0.15) is 0 Å². The highest BCUT2D eigenvalue weighted by Gasteiger charge is 2.31. The summed E-state index contributed by atoms with van der Waals surface area (Å²) in [5, 5.41) is 3.03. The van der Waals surface area contributed by atoms with Crippen LogP contribution in [0.2, 0.25) is 5.02 Å². The van der Waals surface area contributed by atoms with Crippen molar-refractivity contribution in [2.24, 2.45) is 0 Å². The summed E-state index contributed by atoms with van der Waals surface area (Å²) in [7, 11) is 0. The Balaban J connectivity index is 2.55. The largest absolute Gasteiger partial charge is 0.416 e. The van der Waals surface area contributed by atoms with E-state index in [2.05, 4.69) is 10.3 Å². The SMILES string of the molecule is CCNc1nc(C)cn1-c1cc(Cl)cc(C(F)(F)F)c1. The summed E-state index contributed by atoms with van der Waals surface area (Å²) < 4.78 is 40.0. The van der Waals surface area contributed by atoms with Crippen molar-refractivity contribution in [2.45, 2.75) is 20.0 Å². The number of aromatic nitrogens is 2. The van der Waals surface area contributed by atoms with Gasteiger partial charge in [-0.1, -0.05) is 11.6 Å². The van der Waals surface area contributed by atoms with Crippen LogP contribution in [0.1, 0.15) is 18.2 Å². The van der Waals surface area contributed by atoms with E-state index >= 15 is 0 Å². The van der Waals surface area contributed by atoms with Crippen LogP contribution in [0.15, 0.2) is 24.4 Å². The maximum absolute atomic E-state index is 12.8. The van der Waals surface area contributed by atoms with Gasteiger partial charge >= 0.3 is 6.18 Å². The summed E-state index contributed by atoms with van der Waals surface area (Å²) in [6.07, 6.45) is -2.78. The Morgan fingerprint density at radius 3 is 2.60 bits per heavy atom. The number of anilines is 1. The van der Waals surface area contributed by atoms with Crippen molar-refractivity contribution in [1.29, 1.82) is 0 Å². The molecular formula is C13H13ClF3N3. The van der Waals surface area contributed by atoms with E-state index in [1.807, 2.05) is 6.92 Å². The number of hydrogen-bond acceptors (Lipinski definition) is 2. The molecule has 2 aromatic rings. The molecule has 0 aliphatic rings. The monoisotopic (exact) mass is 303 g/mol. The van der Waals surface area contributed by atoms with Gasteiger partial charge in [-0.3, -0.25) is 4.57 Å². The molecule has 0 saturated carbocycles. The van der Waals surface area contributed by atoms with E-state index in [-0.39, 0.29) is 5.02 Å². The van der Waals surface area contributed by atoms with Crippen LogP contribution in [0.5, 0.6) is 0 Å². The van der Waals surface area contributed by atoms with E-state index in [4.69, 9.17) is 11.6 Å². The third-order valence-electron chi connectivity index (χ3n) is 2.65. The van der Waals surface area contributed by atoms with Gasteiger partial charge in [-0.05, 0) is 32.0 Å². The minimum absolute atomic E-state index is 0.0311. The van der Waals surface area contributed by atoms with Crippen molar-refractivity contribution in [3.8, 4) is 5.69 Å². The molecule has 0 bridgehead atoms. The van der Waals surface area contributed by atoms with Crippen LogP contribution in [0.25, 0.3) is 5.69 Å². The molecule has 2 rings (SSSR count). The molecule has 0 radical (unpaired) electrons. The Hall–Kier alpha value is -1.69. The Kier molecular flexibility index (Phi) is 3.94. The van der Waals surface area contributed by atoms with Gasteiger partial charge in [0.25, 0.3) is 0 Å². The highest BCUT2D eigenvalue weighted by atomic mass is 35.5. The molecule has 20 heavy (non-hydrogen) atoms. The average Bonchev–Trinajstić information content (AvgIpc) is 2.69. The normalized spacial score (nSPS) is 11.7. The molecule has 0 spiro atoms. The zero-order chi connectivity index (χ0) is 14.9. The second kappa shape index (κ2) is 5.36. The Morgan fingerprint density at radius 2 is 2.00 bits per heavy atom. The first-order chi connectivity index (χ1) is 9.31. The minimum atomic E-state index is -4.44. The molecule has 0 aliphatic carbocycles. The first-order valence-corrected chi connectivity index (χ1v) is 6.37. The fourth-order valence-electron chi connectivity index (χ4n) is 1.85. The second-order valence-corrected chi connectivity index (χ2v) is 4.74. The topological polar surface area (TPSA) is 29.9 Å². The zero-order valence-corrected chi connectivity index (χ0v) is 11.7. The van der Waals surface area contributed by atoms with Crippen molar-refractivity contribution in [3.05, 3.63) is 40.7 Å². The molecule has 1 aromatic carbocycles. The van der Waals surface area contributed by atoms with E-state index in [0.29, 0.717) is 23.9 Å². The molecule has 0 saturated heterocycles. The molecule has 1 N–H and O–H groups in total. The van der Waals surface area contributed by atoms with Crippen molar-refractivity contribution < 1.29 is 13.2 Å². The molecule has 0 amide bonds. The first kappa shape index (κ1) is 14.7. The van der Waals surface area contributed by atoms with Gasteiger partial charge < -0.3 is 5.32 Å². The highest BCUT2D eigenvalue weighted by Crippen LogP contribution is 2.33. The van der Waals surface area contributed by atoms with E-state index in [1.165, 1.54) is 6.07 Å². The second-order valence-electron chi connectivity index (χ2n) is 4.30. The first-order valence-electron chi connectivity index (χ1n) is 5.99. The van der Waals surface area contributed by atoms with Gasteiger partial charge in [0.05, 0.1) is 16.9 Å². The highest BCUT2D eigenvalue weighted by molar-refractivity contribution is 6.30. The molecule has 3 nitrogen and oxygen atoms in total. The number of halogens is 4. The third-order valence-corrected chi connectivity index (χ3v) is 2.87. The number of nitrogens with one attached hydrogen (secondary N) is 1. The molecule has 7 heteroatoms. The summed E-state index contributed by atoms with van der Waals surface area (Å²) in [6.45, 7) is 4.27. The van der Waals surface area contributed by atoms with Crippen molar-refractivity contribution in [3.63, 3.8) is 0 Å². The van der Waals surface area contributed by atoms with Gasteiger partial charge in [0.15, 0.2) is 0 Å². The van der Waals surface area contributed by atoms with Gasteiger partial charge in [0, 0.05) is 17.8 Å². The molecule has 1 aromatic heterocycles. The third kappa shape index (κ3) is 3.07. The lowest BCUT2D eigenvalue weighted by Crippen LogP contribution is -2.08. The molecule has 0 atom stereocenters. The summed E-state index contributed by atoms with van der Waals surface area (Å²) in [6, 6.07) is 3.42. The lowest BCUT2D eigenvalue weighted by Gasteiger charge is -2.12. The van der Waals surface area contributed by atoms with Crippen molar-refractivity contribution >= 4 is 17.5 Å². The van der Waals surface area contributed by atoms with Crippen LogP contribution in [0.4, 0.5) is 19.1 Å². The van der Waals surface area contributed by atoms with E-state index in [1.54, 1.807) is 17.7 Å². The van der Waals surface area contributed by atoms with Gasteiger partial charge in [-0.25, -0.2) is 4.98 Å². The predicted molar refractivity (Wildman–Crippen MR) is 72.5 cm³/mol. The average molecular weight is 304 g/mol. The number of benzene rings is 1. The molecule has 0 aliphatic heterocycles. The standard InChI is InChI=1S/C13H13ClF3N3/c1-3-18-12-19-8(2)7-20(12)11-5-9(13(15,16)17)4-10(14)6-11/h4-7H,3H2,1-2H3,(H,18,19). The van der Waals surface area contributed by atoms with E-state index in [0.717, 1.165) is 12.1 Å². The zero-order valence-electron chi connectivity index (χ0n) is 10.9. The van der Waals surface area contributed by atoms with E-state index in [9.17, 15) is 13.2 Å². The van der Waals surface area contributed by atoms with Crippen LogP contribution in [0, 0.1) is 6.92 Å². The number of imidazole rings is 1. The van der Waals surface area contributed by atoms with Gasteiger partial charge in [0.2, 0.25) is 5.95 Å². The maximum atomic E-state index is 12.8. The van der Waals surface area contributed by atoms with Gasteiger partial charge in [-0.2, -0.15) is 13.2 Å². The number of nitrogens with zero attached hydrogens (tertiary/aromatic N) is 2. The lowest BCUT2D eigenvalue weighted by atomic mass is 10.2. The molecule has 0 fully saturated rings. The molecule has 0 unspecified atom stereocenters. The van der Waals surface area contributed by atoms with Crippen LogP contribution < -0.4 is 5.32 Å². The van der Waals surface area contributed by atoms with Crippen LogP contribution in [-0.2, 0) is 6.18 Å². The van der Waals surface area contributed by atoms with E-state index < -0.39 is 11.7 Å². The maximum Gasteiger partial charge on any atom is 0.416 e. The molecule has 1 heterocycles. The summed E-state index contributed by atoms with van der Waals surface area (Å²) >= 11 is 5.79. The smallest absolute Gasteiger partial charge is 0.356 e. The Bertz CT molecular complexity index is 620. The fraction of sp³-hybridized carbons (Fsp3) is 0.308. The molecule has 108 valence electrons. The number of alkyl halides is 3. The number of rotatable bonds is 3. The lowest BCUT2D eigenvalue weighted by molar-refractivity contribution is -0.137. The Morgan fingerprint density at radius 1 is 1.30 bits per heavy atom. The van der Waals surface area contributed by atoms with Crippen LogP contribution in [-0.4, -0.2) is 16.1 Å². The van der Waals surface area contributed by atoms with Crippen LogP contribution in [0.3, 0.4) is 0 Å². The number of hydrogen-bond donors (Lipinski definition) is 1. The van der Waals surface area contributed by atoms with Crippen molar-refractivity contribution in [2.75, 3.05) is 11.9 Å². The minimum Gasteiger partial charge on any atom is -0.356 e. The molecular weight excluding hydrogens is 291 g/mol. The predicted octanol–water partition coefficient (Wildman–Crippen LogP) is 4.28.